The van der Waals surface area contributed by atoms with E-state index < -0.39 is 0 Å². The lowest BCUT2D eigenvalue weighted by Crippen LogP contribution is -2.35. The molecule has 1 atom stereocenters. The molecule has 0 bridgehead atoms. The van der Waals surface area contributed by atoms with Crippen molar-refractivity contribution in [2.45, 2.75) is 46.3 Å². The maximum absolute atomic E-state index is 5.90. The molecule has 0 aromatic carbocycles. The molecule has 0 fully saturated rings. The van der Waals surface area contributed by atoms with Gasteiger partial charge in [0.05, 0.1) is 5.69 Å². The van der Waals surface area contributed by atoms with Gasteiger partial charge in [-0.2, -0.15) is 5.10 Å². The molecule has 1 heterocycles. The van der Waals surface area contributed by atoms with Gasteiger partial charge in [0.1, 0.15) is 0 Å². The van der Waals surface area contributed by atoms with Crippen LogP contribution >= 0.6 is 11.6 Å². The summed E-state index contributed by atoms with van der Waals surface area (Å²) in [6.07, 6.45) is 2.02. The lowest BCUT2D eigenvalue weighted by molar-refractivity contribution is 0.424. The van der Waals surface area contributed by atoms with E-state index in [2.05, 4.69) is 44.2 Å². The monoisotopic (exact) mass is 243 g/mol. The van der Waals surface area contributed by atoms with Crippen LogP contribution in [0.5, 0.6) is 0 Å². The Morgan fingerprint density at radius 1 is 1.38 bits per heavy atom. The van der Waals surface area contributed by atoms with Gasteiger partial charge in [0.2, 0.25) is 0 Å². The molecule has 16 heavy (non-hydrogen) atoms. The Kier molecular flexibility index (Phi) is 5.29. The Bertz CT molecular complexity index is 307. The van der Waals surface area contributed by atoms with Crippen LogP contribution in [0.15, 0.2) is 12.3 Å². The van der Waals surface area contributed by atoms with E-state index in [1.54, 1.807) is 0 Å². The zero-order chi connectivity index (χ0) is 12.1. The molecule has 0 amide bonds. The van der Waals surface area contributed by atoms with Crippen molar-refractivity contribution in [2.24, 2.45) is 5.92 Å². The second-order valence-electron chi connectivity index (χ2n) is 4.77. The summed E-state index contributed by atoms with van der Waals surface area (Å²) in [6, 6.07) is 2.83. The average Bonchev–Trinajstić information content (AvgIpc) is 2.67. The van der Waals surface area contributed by atoms with Gasteiger partial charge in [-0.05, 0) is 25.8 Å². The Morgan fingerprint density at radius 3 is 2.50 bits per heavy atom. The molecule has 1 aromatic rings. The normalized spacial score (nSPS) is 13.7. The van der Waals surface area contributed by atoms with Crippen molar-refractivity contribution in [3.8, 4) is 0 Å². The number of nitrogens with one attached hydrogen (secondary N) is 1. The molecule has 1 N–H and O–H groups in total. The van der Waals surface area contributed by atoms with Crippen LogP contribution in [0.25, 0.3) is 0 Å². The predicted octanol–water partition coefficient (Wildman–Crippen LogP) is 2.82. The molecule has 1 rings (SSSR count). The lowest BCUT2D eigenvalue weighted by Gasteiger charge is -2.18. The number of alkyl halides is 1. The van der Waals surface area contributed by atoms with Crippen molar-refractivity contribution in [3.63, 3.8) is 0 Å². The Morgan fingerprint density at radius 2 is 2.06 bits per heavy atom. The molecule has 0 spiro atoms. The Balaban J connectivity index is 2.47. The fraction of sp³-hybridized carbons (Fsp3) is 0.750. The number of halogens is 1. The highest BCUT2D eigenvalue weighted by Gasteiger charge is 2.11. The molecule has 0 radical (unpaired) electrons. The van der Waals surface area contributed by atoms with E-state index in [4.69, 9.17) is 11.6 Å². The highest BCUT2D eigenvalue weighted by Crippen LogP contribution is 2.07. The van der Waals surface area contributed by atoms with Crippen LogP contribution in [0.3, 0.4) is 0 Å². The third-order valence-electron chi connectivity index (χ3n) is 2.71. The van der Waals surface area contributed by atoms with Gasteiger partial charge in [0, 0.05) is 30.7 Å². The molecular weight excluding hydrogens is 222 g/mol. The van der Waals surface area contributed by atoms with Gasteiger partial charge < -0.3 is 5.32 Å². The highest BCUT2D eigenvalue weighted by atomic mass is 35.5. The van der Waals surface area contributed by atoms with Crippen LogP contribution in [0.2, 0.25) is 0 Å². The summed E-state index contributed by atoms with van der Waals surface area (Å²) in [5, 5.41) is 7.92. The van der Waals surface area contributed by atoms with Gasteiger partial charge in [-0.15, -0.1) is 11.6 Å². The third-order valence-corrected chi connectivity index (χ3v) is 3.04. The molecule has 0 aliphatic heterocycles. The first kappa shape index (κ1) is 13.5. The average molecular weight is 244 g/mol. The van der Waals surface area contributed by atoms with Gasteiger partial charge in [-0.25, -0.2) is 0 Å². The van der Waals surface area contributed by atoms with Crippen LogP contribution < -0.4 is 5.32 Å². The molecule has 4 heteroatoms. The van der Waals surface area contributed by atoms with Gasteiger partial charge in [-0.1, -0.05) is 13.8 Å². The molecule has 0 saturated heterocycles. The predicted molar refractivity (Wildman–Crippen MR) is 68.8 cm³/mol. The highest BCUT2D eigenvalue weighted by molar-refractivity contribution is 6.18. The van der Waals surface area contributed by atoms with E-state index in [0.29, 0.717) is 23.9 Å². The SMILES string of the molecule is CC(C)C(CCl)NCc1ccn(C(C)C)n1. The van der Waals surface area contributed by atoms with Gasteiger partial charge in [0.25, 0.3) is 0 Å². The van der Waals surface area contributed by atoms with Crippen LogP contribution in [-0.4, -0.2) is 21.7 Å². The fourth-order valence-electron chi connectivity index (χ4n) is 1.46. The second-order valence-corrected chi connectivity index (χ2v) is 5.08. The largest absolute Gasteiger partial charge is 0.307 e. The van der Waals surface area contributed by atoms with E-state index in [9.17, 15) is 0 Å². The topological polar surface area (TPSA) is 29.9 Å². The molecule has 92 valence electrons. The standard InChI is InChI=1S/C12H22ClN3/c1-9(2)12(7-13)14-8-11-5-6-16(15-11)10(3)4/h5-6,9-10,12,14H,7-8H2,1-4H3. The summed E-state index contributed by atoms with van der Waals surface area (Å²) in [5.74, 6) is 1.19. The maximum atomic E-state index is 5.90. The Hall–Kier alpha value is -0.540. The fourth-order valence-corrected chi connectivity index (χ4v) is 1.93. The number of aromatic nitrogens is 2. The first-order valence-electron chi connectivity index (χ1n) is 5.88. The zero-order valence-electron chi connectivity index (χ0n) is 10.6. The van der Waals surface area contributed by atoms with Crippen molar-refractivity contribution in [1.82, 2.24) is 15.1 Å². The molecule has 3 nitrogen and oxygen atoms in total. The zero-order valence-corrected chi connectivity index (χ0v) is 11.3. The number of hydrogen-bond acceptors (Lipinski definition) is 2. The smallest absolute Gasteiger partial charge is 0.0762 e. The molecule has 0 aliphatic carbocycles. The van der Waals surface area contributed by atoms with Crippen molar-refractivity contribution in [3.05, 3.63) is 18.0 Å². The first-order chi connectivity index (χ1) is 7.54. The Labute approximate surface area is 103 Å². The minimum absolute atomic E-state index is 0.353. The first-order valence-corrected chi connectivity index (χ1v) is 6.41. The van der Waals surface area contributed by atoms with Crippen molar-refractivity contribution >= 4 is 11.6 Å². The van der Waals surface area contributed by atoms with Gasteiger partial charge >= 0.3 is 0 Å². The van der Waals surface area contributed by atoms with E-state index >= 15 is 0 Å². The van der Waals surface area contributed by atoms with E-state index in [0.717, 1.165) is 12.2 Å². The van der Waals surface area contributed by atoms with E-state index in [1.807, 2.05) is 10.9 Å². The molecule has 0 aliphatic rings. The molecule has 1 aromatic heterocycles. The van der Waals surface area contributed by atoms with Crippen molar-refractivity contribution in [2.75, 3.05) is 5.88 Å². The van der Waals surface area contributed by atoms with Crippen LogP contribution in [-0.2, 0) is 6.54 Å². The van der Waals surface area contributed by atoms with Crippen molar-refractivity contribution < 1.29 is 0 Å². The van der Waals surface area contributed by atoms with E-state index in [1.165, 1.54) is 0 Å². The lowest BCUT2D eigenvalue weighted by atomic mass is 10.1. The summed E-state index contributed by atoms with van der Waals surface area (Å²) in [7, 11) is 0. The molecular formula is C12H22ClN3. The quantitative estimate of drug-likeness (QED) is 0.779. The van der Waals surface area contributed by atoms with Crippen LogP contribution in [0, 0.1) is 5.92 Å². The summed E-state index contributed by atoms with van der Waals surface area (Å²) in [6.45, 7) is 9.38. The minimum atomic E-state index is 0.353. The van der Waals surface area contributed by atoms with Crippen LogP contribution in [0.1, 0.15) is 39.4 Å². The number of nitrogens with zero attached hydrogens (tertiary/aromatic N) is 2. The van der Waals surface area contributed by atoms with Crippen LogP contribution in [0.4, 0.5) is 0 Å². The summed E-state index contributed by atoms with van der Waals surface area (Å²) in [4.78, 5) is 0. The summed E-state index contributed by atoms with van der Waals surface area (Å²) >= 11 is 5.90. The molecule has 0 saturated carbocycles. The maximum Gasteiger partial charge on any atom is 0.0762 e. The van der Waals surface area contributed by atoms with Gasteiger partial charge in [0.15, 0.2) is 0 Å². The van der Waals surface area contributed by atoms with Gasteiger partial charge in [-0.3, -0.25) is 4.68 Å². The minimum Gasteiger partial charge on any atom is -0.307 e. The number of hydrogen-bond donors (Lipinski definition) is 1. The number of rotatable bonds is 6. The van der Waals surface area contributed by atoms with E-state index in [-0.39, 0.29) is 0 Å². The molecule has 1 unspecified atom stereocenters. The van der Waals surface area contributed by atoms with Crippen molar-refractivity contribution in [1.29, 1.82) is 0 Å². The third kappa shape index (κ3) is 3.80. The summed E-state index contributed by atoms with van der Waals surface area (Å²) in [5.41, 5.74) is 1.07. The second kappa shape index (κ2) is 6.26. The summed E-state index contributed by atoms with van der Waals surface area (Å²) < 4.78 is 1.97.